The zero-order chi connectivity index (χ0) is 17.8. The Morgan fingerprint density at radius 1 is 1.12 bits per heavy atom. The number of benzene rings is 2. The number of carbonyl (C=O) groups is 1. The molecule has 0 unspecified atom stereocenters. The van der Waals surface area contributed by atoms with E-state index in [-0.39, 0.29) is 11.1 Å². The van der Waals surface area contributed by atoms with E-state index in [0.29, 0.717) is 24.1 Å². The van der Waals surface area contributed by atoms with E-state index in [1.807, 2.05) is 30.3 Å². The molecule has 0 spiro atoms. The topological polar surface area (TPSA) is 73.2 Å². The number of aromatic nitrogens is 2. The number of nitrogens with zero attached hydrogens (tertiary/aromatic N) is 2. The Morgan fingerprint density at radius 2 is 1.80 bits per heavy atom. The second-order valence-corrected chi connectivity index (χ2v) is 5.70. The number of nitrogens with one attached hydrogen (secondary N) is 1. The van der Waals surface area contributed by atoms with Crippen LogP contribution >= 0.6 is 0 Å². The molecule has 0 atom stereocenters. The third-order valence-corrected chi connectivity index (χ3v) is 4.04. The standard InChI is InChI=1S/C19H19N3O3/c1-22-16-10-6-5-9-15(16)18(23)17(21-22)19(24)20-11-13-7-3-4-8-14(13)12-25-2/h3-10H,11-12H2,1-2H3,(H,20,24). The molecule has 0 radical (unpaired) electrons. The summed E-state index contributed by atoms with van der Waals surface area (Å²) in [6.45, 7) is 0.762. The molecule has 0 fully saturated rings. The highest BCUT2D eigenvalue weighted by Crippen LogP contribution is 2.11. The van der Waals surface area contributed by atoms with Gasteiger partial charge in [0.2, 0.25) is 5.43 Å². The van der Waals surface area contributed by atoms with Crippen LogP contribution in [-0.2, 0) is 24.9 Å². The van der Waals surface area contributed by atoms with Crippen LogP contribution < -0.4 is 10.7 Å². The maximum Gasteiger partial charge on any atom is 0.276 e. The molecule has 1 aromatic heterocycles. The van der Waals surface area contributed by atoms with Gasteiger partial charge in [0.05, 0.1) is 12.1 Å². The highest BCUT2D eigenvalue weighted by atomic mass is 16.5. The van der Waals surface area contributed by atoms with Crippen LogP contribution in [-0.4, -0.2) is 22.8 Å². The number of fused-ring (bicyclic) bond motifs is 1. The van der Waals surface area contributed by atoms with Crippen molar-refractivity contribution in [3.63, 3.8) is 0 Å². The minimum Gasteiger partial charge on any atom is -0.380 e. The summed E-state index contributed by atoms with van der Waals surface area (Å²) < 4.78 is 6.71. The summed E-state index contributed by atoms with van der Waals surface area (Å²) in [6.07, 6.45) is 0. The number of aryl methyl sites for hydroxylation is 1. The van der Waals surface area contributed by atoms with E-state index in [4.69, 9.17) is 4.74 Å². The summed E-state index contributed by atoms with van der Waals surface area (Å²) in [5, 5.41) is 7.39. The summed E-state index contributed by atoms with van der Waals surface area (Å²) in [5.41, 5.74) is 2.15. The monoisotopic (exact) mass is 337 g/mol. The van der Waals surface area contributed by atoms with Crippen LogP contribution in [0.1, 0.15) is 21.6 Å². The fourth-order valence-corrected chi connectivity index (χ4v) is 2.76. The van der Waals surface area contributed by atoms with Crippen LogP contribution in [0.15, 0.2) is 53.3 Å². The van der Waals surface area contributed by atoms with E-state index in [1.165, 1.54) is 0 Å². The predicted molar refractivity (Wildman–Crippen MR) is 95.3 cm³/mol. The highest BCUT2D eigenvalue weighted by molar-refractivity contribution is 5.95. The third-order valence-electron chi connectivity index (χ3n) is 4.04. The number of carbonyl (C=O) groups excluding carboxylic acids is 1. The van der Waals surface area contributed by atoms with Gasteiger partial charge < -0.3 is 10.1 Å². The Labute approximate surface area is 145 Å². The summed E-state index contributed by atoms with van der Waals surface area (Å²) in [5.74, 6) is -0.487. The molecule has 0 aliphatic rings. The van der Waals surface area contributed by atoms with Gasteiger partial charge in [-0.3, -0.25) is 14.3 Å². The molecule has 3 rings (SSSR count). The molecular weight excluding hydrogens is 318 g/mol. The lowest BCUT2D eigenvalue weighted by molar-refractivity contribution is 0.0942. The molecule has 0 aliphatic carbocycles. The van der Waals surface area contributed by atoms with E-state index < -0.39 is 5.91 Å². The molecule has 0 saturated heterocycles. The SMILES string of the molecule is COCc1ccccc1CNC(=O)c1nn(C)c2ccccc2c1=O. The molecule has 0 saturated carbocycles. The van der Waals surface area contributed by atoms with Crippen LogP contribution in [0.2, 0.25) is 0 Å². The number of ether oxygens (including phenoxy) is 1. The van der Waals surface area contributed by atoms with E-state index in [9.17, 15) is 9.59 Å². The molecule has 6 nitrogen and oxygen atoms in total. The highest BCUT2D eigenvalue weighted by Gasteiger charge is 2.16. The van der Waals surface area contributed by atoms with Crippen molar-refractivity contribution in [2.75, 3.05) is 7.11 Å². The maximum atomic E-state index is 12.5. The summed E-state index contributed by atoms with van der Waals surface area (Å²) in [6, 6.07) is 14.8. The third kappa shape index (κ3) is 3.44. The van der Waals surface area contributed by atoms with Gasteiger partial charge in [-0.2, -0.15) is 5.10 Å². The van der Waals surface area contributed by atoms with Crippen molar-refractivity contribution < 1.29 is 9.53 Å². The molecule has 6 heteroatoms. The molecule has 3 aromatic rings. The van der Waals surface area contributed by atoms with Crippen LogP contribution in [0.4, 0.5) is 0 Å². The van der Waals surface area contributed by atoms with Crippen LogP contribution in [0.3, 0.4) is 0 Å². The lowest BCUT2D eigenvalue weighted by Crippen LogP contribution is -2.31. The van der Waals surface area contributed by atoms with Gasteiger partial charge in [0.1, 0.15) is 0 Å². The Balaban J connectivity index is 1.86. The van der Waals surface area contributed by atoms with Crippen molar-refractivity contribution in [1.29, 1.82) is 0 Å². The Kier molecular flexibility index (Phi) is 4.90. The normalized spacial score (nSPS) is 10.8. The number of hydrogen-bond acceptors (Lipinski definition) is 4. The summed E-state index contributed by atoms with van der Waals surface area (Å²) in [7, 11) is 3.34. The largest absolute Gasteiger partial charge is 0.380 e. The molecular formula is C19H19N3O3. The molecule has 1 heterocycles. The number of amides is 1. The molecule has 128 valence electrons. The average molecular weight is 337 g/mol. The Bertz CT molecular complexity index is 979. The van der Waals surface area contributed by atoms with Crippen molar-refractivity contribution in [2.45, 2.75) is 13.2 Å². The average Bonchev–Trinajstić information content (AvgIpc) is 2.64. The minimum absolute atomic E-state index is 0.106. The fourth-order valence-electron chi connectivity index (χ4n) is 2.76. The van der Waals surface area contributed by atoms with Crippen molar-refractivity contribution in [3.8, 4) is 0 Å². The van der Waals surface area contributed by atoms with E-state index in [1.54, 1.807) is 37.0 Å². The minimum atomic E-state index is -0.487. The molecule has 25 heavy (non-hydrogen) atoms. The van der Waals surface area contributed by atoms with E-state index >= 15 is 0 Å². The summed E-state index contributed by atoms with van der Waals surface area (Å²) >= 11 is 0. The number of para-hydroxylation sites is 1. The first kappa shape index (κ1) is 16.9. The number of hydrogen-bond donors (Lipinski definition) is 1. The summed E-state index contributed by atoms with van der Waals surface area (Å²) in [4.78, 5) is 25.0. The predicted octanol–water partition coefficient (Wildman–Crippen LogP) is 2.01. The van der Waals surface area contributed by atoms with Gasteiger partial charge in [0, 0.05) is 26.1 Å². The zero-order valence-corrected chi connectivity index (χ0v) is 14.2. The van der Waals surface area contributed by atoms with Crippen LogP contribution in [0.25, 0.3) is 10.9 Å². The molecule has 1 amide bonds. The quantitative estimate of drug-likeness (QED) is 0.773. The van der Waals surface area contributed by atoms with Crippen LogP contribution in [0, 0.1) is 0 Å². The first-order valence-corrected chi connectivity index (χ1v) is 7.91. The van der Waals surface area contributed by atoms with Crippen molar-refractivity contribution in [1.82, 2.24) is 15.1 Å². The lowest BCUT2D eigenvalue weighted by Gasteiger charge is -2.11. The van der Waals surface area contributed by atoms with Gasteiger partial charge in [0.15, 0.2) is 5.69 Å². The van der Waals surface area contributed by atoms with Gasteiger partial charge in [-0.1, -0.05) is 36.4 Å². The van der Waals surface area contributed by atoms with Gasteiger partial charge >= 0.3 is 0 Å². The lowest BCUT2D eigenvalue weighted by atomic mass is 10.1. The van der Waals surface area contributed by atoms with Crippen LogP contribution in [0.5, 0.6) is 0 Å². The maximum absolute atomic E-state index is 12.5. The van der Waals surface area contributed by atoms with Gasteiger partial charge in [-0.05, 0) is 23.3 Å². The van der Waals surface area contributed by atoms with E-state index in [0.717, 1.165) is 11.1 Å². The fraction of sp³-hybridized carbons (Fsp3) is 0.211. The zero-order valence-electron chi connectivity index (χ0n) is 14.2. The number of rotatable bonds is 5. The molecule has 0 aliphatic heterocycles. The number of methoxy groups -OCH3 is 1. The second kappa shape index (κ2) is 7.27. The second-order valence-electron chi connectivity index (χ2n) is 5.70. The Morgan fingerprint density at radius 3 is 2.56 bits per heavy atom. The first-order valence-electron chi connectivity index (χ1n) is 7.91. The van der Waals surface area contributed by atoms with Crippen molar-refractivity contribution in [2.24, 2.45) is 7.05 Å². The first-order chi connectivity index (χ1) is 12.1. The van der Waals surface area contributed by atoms with Crippen molar-refractivity contribution in [3.05, 3.63) is 75.6 Å². The Hall–Kier alpha value is -2.99. The smallest absolute Gasteiger partial charge is 0.276 e. The van der Waals surface area contributed by atoms with E-state index in [2.05, 4.69) is 10.4 Å². The van der Waals surface area contributed by atoms with Crippen molar-refractivity contribution >= 4 is 16.8 Å². The molecule has 2 aromatic carbocycles. The van der Waals surface area contributed by atoms with Gasteiger partial charge in [-0.15, -0.1) is 0 Å². The molecule has 1 N–H and O–H groups in total. The molecule has 0 bridgehead atoms. The van der Waals surface area contributed by atoms with Gasteiger partial charge in [-0.25, -0.2) is 0 Å². The van der Waals surface area contributed by atoms with Gasteiger partial charge in [0.25, 0.3) is 5.91 Å².